The number of hydrogen-bond acceptors (Lipinski definition) is 2. The Kier molecular flexibility index (Phi) is 8.06. The van der Waals surface area contributed by atoms with Crippen LogP contribution in [0, 0.1) is 5.92 Å². The second-order valence-electron chi connectivity index (χ2n) is 5.10. The summed E-state index contributed by atoms with van der Waals surface area (Å²) < 4.78 is 0. The quantitative estimate of drug-likeness (QED) is 0.640. The smallest absolute Gasteiger partial charge is 0.220 e. The van der Waals surface area contributed by atoms with E-state index < -0.39 is 0 Å². The molecule has 3 nitrogen and oxygen atoms in total. The molecule has 0 aromatic rings. The molecule has 1 aliphatic carbocycles. The Morgan fingerprint density at radius 3 is 2.65 bits per heavy atom. The van der Waals surface area contributed by atoms with E-state index in [1.807, 2.05) is 0 Å². The molecule has 0 bridgehead atoms. The van der Waals surface area contributed by atoms with Gasteiger partial charge in [-0.15, -0.1) is 0 Å². The molecule has 1 aliphatic rings. The molecule has 0 unspecified atom stereocenters. The van der Waals surface area contributed by atoms with Crippen molar-refractivity contribution >= 4 is 5.91 Å². The van der Waals surface area contributed by atoms with Crippen LogP contribution < -0.4 is 10.6 Å². The molecule has 1 rings (SSSR count). The fraction of sp³-hybridized carbons (Fsp3) is 0.929. The number of nitrogens with one attached hydrogen (secondary N) is 2. The zero-order chi connectivity index (χ0) is 12.3. The molecule has 0 saturated heterocycles. The van der Waals surface area contributed by atoms with Crippen LogP contribution >= 0.6 is 0 Å². The van der Waals surface area contributed by atoms with Gasteiger partial charge in [-0.3, -0.25) is 4.79 Å². The first-order valence-electron chi connectivity index (χ1n) is 7.30. The van der Waals surface area contributed by atoms with Crippen LogP contribution in [0.4, 0.5) is 0 Å². The lowest BCUT2D eigenvalue weighted by Gasteiger charge is -2.21. The molecule has 1 amide bonds. The summed E-state index contributed by atoms with van der Waals surface area (Å²) >= 11 is 0. The van der Waals surface area contributed by atoms with Gasteiger partial charge in [0, 0.05) is 19.5 Å². The van der Waals surface area contributed by atoms with Gasteiger partial charge < -0.3 is 10.6 Å². The van der Waals surface area contributed by atoms with Gasteiger partial charge in [0.1, 0.15) is 0 Å². The van der Waals surface area contributed by atoms with Crippen LogP contribution in [0.1, 0.15) is 58.3 Å². The first-order valence-corrected chi connectivity index (χ1v) is 7.30. The molecule has 0 heterocycles. The molecule has 3 heteroatoms. The molecule has 2 N–H and O–H groups in total. The van der Waals surface area contributed by atoms with Gasteiger partial charge >= 0.3 is 0 Å². The highest BCUT2D eigenvalue weighted by molar-refractivity contribution is 5.75. The maximum atomic E-state index is 11.5. The van der Waals surface area contributed by atoms with Crippen molar-refractivity contribution in [3.8, 4) is 0 Å². The summed E-state index contributed by atoms with van der Waals surface area (Å²) in [4.78, 5) is 11.5. The molecular weight excluding hydrogens is 212 g/mol. The molecule has 0 atom stereocenters. The van der Waals surface area contributed by atoms with Crippen LogP contribution in [0.2, 0.25) is 0 Å². The summed E-state index contributed by atoms with van der Waals surface area (Å²) in [5.74, 6) is 1.12. The predicted octanol–water partition coefficient (Wildman–Crippen LogP) is 2.46. The second kappa shape index (κ2) is 9.46. The summed E-state index contributed by atoms with van der Waals surface area (Å²) in [6.07, 6.45) is 10.0. The Labute approximate surface area is 106 Å². The zero-order valence-corrected chi connectivity index (χ0v) is 11.3. The zero-order valence-electron chi connectivity index (χ0n) is 11.3. The third kappa shape index (κ3) is 7.37. The van der Waals surface area contributed by atoms with Gasteiger partial charge in [-0.05, 0) is 25.3 Å². The standard InChI is InChI=1S/C14H28N2O/c1-2-15-11-12-16-14(17)10-6-9-13-7-4-3-5-8-13/h13,15H,2-12H2,1H3,(H,16,17). The number of carbonyl (C=O) groups is 1. The summed E-state index contributed by atoms with van der Waals surface area (Å²) in [7, 11) is 0. The minimum Gasteiger partial charge on any atom is -0.355 e. The third-order valence-corrected chi connectivity index (χ3v) is 3.61. The van der Waals surface area contributed by atoms with E-state index in [0.717, 1.165) is 32.0 Å². The highest BCUT2D eigenvalue weighted by Gasteiger charge is 2.13. The van der Waals surface area contributed by atoms with Crippen molar-refractivity contribution in [1.82, 2.24) is 10.6 Å². The number of likely N-dealkylation sites (N-methyl/N-ethyl adjacent to an activating group) is 1. The molecule has 1 fully saturated rings. The number of hydrogen-bond donors (Lipinski definition) is 2. The molecule has 0 radical (unpaired) electrons. The topological polar surface area (TPSA) is 41.1 Å². The summed E-state index contributed by atoms with van der Waals surface area (Å²) in [5, 5.41) is 6.15. The fourth-order valence-corrected chi connectivity index (χ4v) is 2.58. The van der Waals surface area contributed by atoms with Crippen molar-refractivity contribution in [2.45, 2.75) is 58.3 Å². The Morgan fingerprint density at radius 1 is 1.18 bits per heavy atom. The first kappa shape index (κ1) is 14.5. The minimum absolute atomic E-state index is 0.221. The largest absolute Gasteiger partial charge is 0.355 e. The van der Waals surface area contributed by atoms with Gasteiger partial charge in [0.15, 0.2) is 0 Å². The van der Waals surface area contributed by atoms with E-state index in [9.17, 15) is 4.79 Å². The average Bonchev–Trinajstić information content (AvgIpc) is 2.36. The molecule has 0 aromatic heterocycles. The van der Waals surface area contributed by atoms with Crippen LogP contribution in [0.25, 0.3) is 0 Å². The van der Waals surface area contributed by atoms with Crippen molar-refractivity contribution in [3.63, 3.8) is 0 Å². The molecule has 0 spiro atoms. The van der Waals surface area contributed by atoms with Gasteiger partial charge in [0.2, 0.25) is 5.91 Å². The van der Waals surface area contributed by atoms with Crippen LogP contribution in [0.3, 0.4) is 0 Å². The Balaban J connectivity index is 1.92. The maximum absolute atomic E-state index is 11.5. The van der Waals surface area contributed by atoms with Gasteiger partial charge in [-0.25, -0.2) is 0 Å². The highest BCUT2D eigenvalue weighted by Crippen LogP contribution is 2.27. The summed E-state index contributed by atoms with van der Waals surface area (Å²) in [6.45, 7) is 4.69. The Bertz CT molecular complexity index is 200. The van der Waals surface area contributed by atoms with Gasteiger partial charge in [0.25, 0.3) is 0 Å². The normalized spacial score (nSPS) is 17.0. The molecule has 100 valence electrons. The average molecular weight is 240 g/mol. The molecule has 0 aromatic carbocycles. The predicted molar refractivity (Wildman–Crippen MR) is 72.0 cm³/mol. The molecular formula is C14H28N2O. The lowest BCUT2D eigenvalue weighted by molar-refractivity contribution is -0.121. The lowest BCUT2D eigenvalue weighted by Crippen LogP contribution is -2.31. The molecule has 1 saturated carbocycles. The lowest BCUT2D eigenvalue weighted by atomic mass is 9.86. The van der Waals surface area contributed by atoms with Crippen LogP contribution in [-0.2, 0) is 4.79 Å². The van der Waals surface area contributed by atoms with E-state index in [-0.39, 0.29) is 5.91 Å². The van der Waals surface area contributed by atoms with Gasteiger partial charge in [-0.1, -0.05) is 39.0 Å². The number of carbonyl (C=O) groups excluding carboxylic acids is 1. The second-order valence-corrected chi connectivity index (χ2v) is 5.10. The minimum atomic E-state index is 0.221. The summed E-state index contributed by atoms with van der Waals surface area (Å²) in [5.41, 5.74) is 0. The van der Waals surface area contributed by atoms with Crippen molar-refractivity contribution in [1.29, 1.82) is 0 Å². The van der Waals surface area contributed by atoms with Crippen molar-refractivity contribution in [3.05, 3.63) is 0 Å². The van der Waals surface area contributed by atoms with Crippen molar-refractivity contribution in [2.75, 3.05) is 19.6 Å². The van der Waals surface area contributed by atoms with Crippen LogP contribution in [0.15, 0.2) is 0 Å². The van der Waals surface area contributed by atoms with Gasteiger partial charge in [0.05, 0.1) is 0 Å². The SMILES string of the molecule is CCNCCNC(=O)CCCC1CCCCC1. The highest BCUT2D eigenvalue weighted by atomic mass is 16.1. The van der Waals surface area contributed by atoms with Gasteiger partial charge in [-0.2, -0.15) is 0 Å². The van der Waals surface area contributed by atoms with Crippen molar-refractivity contribution < 1.29 is 4.79 Å². The van der Waals surface area contributed by atoms with E-state index in [2.05, 4.69) is 17.6 Å². The maximum Gasteiger partial charge on any atom is 0.220 e. The van der Waals surface area contributed by atoms with E-state index in [4.69, 9.17) is 0 Å². The monoisotopic (exact) mass is 240 g/mol. The van der Waals surface area contributed by atoms with E-state index in [0.29, 0.717) is 6.42 Å². The molecule has 17 heavy (non-hydrogen) atoms. The first-order chi connectivity index (χ1) is 8.33. The molecule has 0 aliphatic heterocycles. The fourth-order valence-electron chi connectivity index (χ4n) is 2.58. The van der Waals surface area contributed by atoms with Crippen molar-refractivity contribution in [2.24, 2.45) is 5.92 Å². The van der Waals surface area contributed by atoms with E-state index >= 15 is 0 Å². The van der Waals surface area contributed by atoms with E-state index in [1.54, 1.807) is 0 Å². The Hall–Kier alpha value is -0.570. The number of rotatable bonds is 8. The Morgan fingerprint density at radius 2 is 1.94 bits per heavy atom. The number of amides is 1. The van der Waals surface area contributed by atoms with Crippen LogP contribution in [0.5, 0.6) is 0 Å². The van der Waals surface area contributed by atoms with Crippen LogP contribution in [-0.4, -0.2) is 25.5 Å². The van der Waals surface area contributed by atoms with E-state index in [1.165, 1.54) is 38.5 Å². The third-order valence-electron chi connectivity index (χ3n) is 3.61. The summed E-state index contributed by atoms with van der Waals surface area (Å²) in [6, 6.07) is 0.